The van der Waals surface area contributed by atoms with E-state index in [0.29, 0.717) is 6.42 Å². The van der Waals surface area contributed by atoms with Crippen LogP contribution in [-0.2, 0) is 9.53 Å². The van der Waals surface area contributed by atoms with Crippen LogP contribution >= 0.6 is 0 Å². The summed E-state index contributed by atoms with van der Waals surface area (Å²) in [7, 11) is 0. The minimum absolute atomic E-state index is 0.0877. The van der Waals surface area contributed by atoms with Gasteiger partial charge in [-0.3, -0.25) is 4.79 Å². The quantitative estimate of drug-likeness (QED) is 0.0514. The van der Waals surface area contributed by atoms with Gasteiger partial charge in [-0.1, -0.05) is 209 Å². The Labute approximate surface area is 313 Å². The van der Waals surface area contributed by atoms with Crippen molar-refractivity contribution in [3.8, 4) is 28.0 Å². The number of esters is 1. The minimum atomic E-state index is -0.253. The van der Waals surface area contributed by atoms with Crippen molar-refractivity contribution in [3.05, 3.63) is 78.4 Å². The maximum atomic E-state index is 12.6. The lowest BCUT2D eigenvalue weighted by Gasteiger charge is -2.15. The summed E-state index contributed by atoms with van der Waals surface area (Å²) in [5.41, 5.74) is 5.75. The van der Waals surface area contributed by atoms with Crippen LogP contribution in [0.3, 0.4) is 0 Å². The van der Waals surface area contributed by atoms with Gasteiger partial charge in [-0.2, -0.15) is 0 Å². The third kappa shape index (κ3) is 18.3. The molecule has 1 unspecified atom stereocenters. The maximum Gasteiger partial charge on any atom is 0.306 e. The Morgan fingerprint density at radius 2 is 0.882 bits per heavy atom. The van der Waals surface area contributed by atoms with E-state index in [2.05, 4.69) is 86.6 Å². The zero-order valence-electron chi connectivity index (χ0n) is 32.9. The molecule has 3 nitrogen and oxygen atoms in total. The molecule has 3 heteroatoms. The van der Waals surface area contributed by atoms with Crippen molar-refractivity contribution >= 4 is 5.97 Å². The summed E-state index contributed by atoms with van der Waals surface area (Å²) in [5, 5.41) is 0. The second-order valence-electron chi connectivity index (χ2n) is 14.8. The predicted octanol–water partition coefficient (Wildman–Crippen LogP) is 15.4. The Hall–Kier alpha value is -3.07. The first-order chi connectivity index (χ1) is 25.1. The van der Waals surface area contributed by atoms with Gasteiger partial charge in [0.2, 0.25) is 0 Å². The molecular formula is C48H72O3. The van der Waals surface area contributed by atoms with Crippen LogP contribution in [0.25, 0.3) is 22.3 Å². The van der Waals surface area contributed by atoms with E-state index >= 15 is 0 Å². The van der Waals surface area contributed by atoms with Crippen molar-refractivity contribution in [1.82, 2.24) is 0 Å². The van der Waals surface area contributed by atoms with Crippen LogP contribution in [-0.4, -0.2) is 12.6 Å². The van der Waals surface area contributed by atoms with Crippen molar-refractivity contribution in [3.63, 3.8) is 0 Å². The van der Waals surface area contributed by atoms with E-state index in [0.717, 1.165) is 42.7 Å². The molecule has 0 aliphatic carbocycles. The highest BCUT2D eigenvalue weighted by Gasteiger charge is 2.13. The van der Waals surface area contributed by atoms with Crippen molar-refractivity contribution in [2.75, 3.05) is 6.61 Å². The summed E-state index contributed by atoms with van der Waals surface area (Å²) in [4.78, 5) is 12.6. The molecular weight excluding hydrogens is 625 g/mol. The number of hydrogen-bond acceptors (Lipinski definition) is 3. The molecule has 0 fully saturated rings. The zero-order valence-corrected chi connectivity index (χ0v) is 32.9. The monoisotopic (exact) mass is 697 g/mol. The van der Waals surface area contributed by atoms with Gasteiger partial charge >= 0.3 is 5.97 Å². The molecule has 0 aliphatic rings. The summed E-state index contributed by atoms with van der Waals surface area (Å²) < 4.78 is 11.9. The topological polar surface area (TPSA) is 35.5 Å². The first kappa shape index (κ1) is 42.3. The highest BCUT2D eigenvalue weighted by atomic mass is 16.5. The number of unbranched alkanes of at least 4 members (excludes halogenated alkanes) is 21. The number of carbonyl (C=O) groups excluding carboxylic acids is 1. The van der Waals surface area contributed by atoms with Gasteiger partial charge in [-0.05, 0) is 59.7 Å². The highest BCUT2D eigenvalue weighted by molar-refractivity contribution is 5.83. The standard InChI is InChI=1S/C48H72O3/c1-4-6-8-10-12-14-16-17-19-21-23-25-31-48(49)51-41(3)42-32-34-43(35-33-42)46-29-26-27-30-47(46)44-36-38-45(39-37-44)50-40-28-24-22-20-18-15-13-11-9-7-5-2/h26-27,29-30,32-39,41H,4-25,28,31,40H2,1-3H3. The fourth-order valence-corrected chi connectivity index (χ4v) is 7.04. The normalized spacial score (nSPS) is 11.8. The van der Waals surface area contributed by atoms with E-state index in [1.54, 1.807) is 0 Å². The van der Waals surface area contributed by atoms with Crippen LogP contribution in [0.4, 0.5) is 0 Å². The van der Waals surface area contributed by atoms with E-state index in [1.807, 2.05) is 6.92 Å². The molecule has 0 radical (unpaired) electrons. The summed E-state index contributed by atoms with van der Waals surface area (Å²) >= 11 is 0. The molecule has 0 heterocycles. The molecule has 0 amide bonds. The highest BCUT2D eigenvalue weighted by Crippen LogP contribution is 2.34. The van der Waals surface area contributed by atoms with Crippen LogP contribution in [0, 0.1) is 0 Å². The predicted molar refractivity (Wildman–Crippen MR) is 219 cm³/mol. The number of ether oxygens (including phenoxy) is 2. The fraction of sp³-hybridized carbons (Fsp3) is 0.604. The molecule has 0 saturated carbocycles. The van der Waals surface area contributed by atoms with Crippen LogP contribution in [0.2, 0.25) is 0 Å². The van der Waals surface area contributed by atoms with Crippen LogP contribution in [0.5, 0.6) is 5.75 Å². The van der Waals surface area contributed by atoms with E-state index in [9.17, 15) is 4.79 Å². The molecule has 282 valence electrons. The first-order valence-electron chi connectivity index (χ1n) is 21.2. The molecule has 0 N–H and O–H groups in total. The Bertz CT molecular complexity index is 1280. The lowest BCUT2D eigenvalue weighted by atomic mass is 9.93. The molecule has 0 spiro atoms. The lowest BCUT2D eigenvalue weighted by molar-refractivity contribution is -0.148. The third-order valence-corrected chi connectivity index (χ3v) is 10.3. The number of benzene rings is 3. The van der Waals surface area contributed by atoms with Gasteiger partial charge in [0, 0.05) is 6.42 Å². The number of carbonyl (C=O) groups is 1. The molecule has 1 atom stereocenters. The Balaban J connectivity index is 1.34. The number of rotatable bonds is 30. The largest absolute Gasteiger partial charge is 0.494 e. The van der Waals surface area contributed by atoms with Gasteiger partial charge in [0.15, 0.2) is 0 Å². The zero-order chi connectivity index (χ0) is 36.2. The van der Waals surface area contributed by atoms with Crippen molar-refractivity contribution < 1.29 is 14.3 Å². The molecule has 0 aliphatic heterocycles. The average molecular weight is 697 g/mol. The van der Waals surface area contributed by atoms with Crippen molar-refractivity contribution in [2.45, 2.75) is 181 Å². The van der Waals surface area contributed by atoms with Crippen LogP contribution in [0.1, 0.15) is 187 Å². The molecule has 0 saturated heterocycles. The van der Waals surface area contributed by atoms with Gasteiger partial charge in [0.05, 0.1) is 6.61 Å². The third-order valence-electron chi connectivity index (χ3n) is 10.3. The van der Waals surface area contributed by atoms with Gasteiger partial charge in [0.25, 0.3) is 0 Å². The minimum Gasteiger partial charge on any atom is -0.494 e. The average Bonchev–Trinajstić information content (AvgIpc) is 3.16. The lowest BCUT2D eigenvalue weighted by Crippen LogP contribution is -2.08. The Morgan fingerprint density at radius 3 is 1.33 bits per heavy atom. The molecule has 3 aromatic carbocycles. The molecule has 0 aromatic heterocycles. The van der Waals surface area contributed by atoms with Gasteiger partial charge in [0.1, 0.15) is 11.9 Å². The van der Waals surface area contributed by atoms with Crippen molar-refractivity contribution in [1.29, 1.82) is 0 Å². The second kappa shape index (κ2) is 27.6. The van der Waals surface area contributed by atoms with Crippen molar-refractivity contribution in [2.24, 2.45) is 0 Å². The van der Waals surface area contributed by atoms with Crippen LogP contribution in [0.15, 0.2) is 72.8 Å². The first-order valence-corrected chi connectivity index (χ1v) is 21.2. The molecule has 51 heavy (non-hydrogen) atoms. The van der Waals surface area contributed by atoms with Gasteiger partial charge in [-0.25, -0.2) is 0 Å². The van der Waals surface area contributed by atoms with Gasteiger partial charge < -0.3 is 9.47 Å². The van der Waals surface area contributed by atoms with E-state index in [1.165, 1.54) is 145 Å². The summed E-state index contributed by atoms with van der Waals surface area (Å²) in [6, 6.07) is 25.6. The van der Waals surface area contributed by atoms with Crippen LogP contribution < -0.4 is 4.74 Å². The van der Waals surface area contributed by atoms with Gasteiger partial charge in [-0.15, -0.1) is 0 Å². The Kier molecular flexibility index (Phi) is 22.9. The summed E-state index contributed by atoms with van der Waals surface area (Å²) in [6.45, 7) is 7.32. The second-order valence-corrected chi connectivity index (χ2v) is 14.8. The smallest absolute Gasteiger partial charge is 0.306 e. The summed E-state index contributed by atoms with van der Waals surface area (Å²) in [6.07, 6.45) is 30.6. The fourth-order valence-electron chi connectivity index (χ4n) is 7.04. The molecule has 3 aromatic rings. The molecule has 3 rings (SSSR count). The SMILES string of the molecule is CCCCCCCCCCCCCCC(=O)OC(C)c1ccc(-c2ccccc2-c2ccc(OCCCCCCCCCCCCC)cc2)cc1. The van der Waals surface area contributed by atoms with E-state index < -0.39 is 0 Å². The molecule has 0 bridgehead atoms. The van der Waals surface area contributed by atoms with E-state index in [-0.39, 0.29) is 12.1 Å². The summed E-state index contributed by atoms with van der Waals surface area (Å²) in [5.74, 6) is 0.852. The number of hydrogen-bond donors (Lipinski definition) is 0. The van der Waals surface area contributed by atoms with E-state index in [4.69, 9.17) is 9.47 Å². The Morgan fingerprint density at radius 1 is 0.490 bits per heavy atom. The maximum absolute atomic E-state index is 12.6.